The van der Waals surface area contributed by atoms with Crippen molar-refractivity contribution < 1.29 is 10.2 Å². The van der Waals surface area contributed by atoms with Gasteiger partial charge in [-0.05, 0) is 24.5 Å². The zero-order chi connectivity index (χ0) is 18.9. The summed E-state index contributed by atoms with van der Waals surface area (Å²) in [6, 6.07) is 10.3. The van der Waals surface area contributed by atoms with E-state index in [1.54, 1.807) is 12.2 Å². The lowest BCUT2D eigenvalue weighted by atomic mass is 9.92. The van der Waals surface area contributed by atoms with Gasteiger partial charge in [-0.15, -0.1) is 0 Å². The maximum Gasteiger partial charge on any atom is 0.0615 e. The Balaban J connectivity index is 0.000000530. The van der Waals surface area contributed by atoms with Crippen molar-refractivity contribution in [2.24, 2.45) is 5.92 Å². The number of aliphatic hydroxyl groups excluding tert-OH is 2. The Kier molecular flexibility index (Phi) is 14.0. The van der Waals surface area contributed by atoms with Crippen LogP contribution in [0.5, 0.6) is 0 Å². The van der Waals surface area contributed by atoms with E-state index in [1.165, 1.54) is 5.56 Å². The van der Waals surface area contributed by atoms with Crippen LogP contribution in [-0.2, 0) is 0 Å². The third kappa shape index (κ3) is 10.3. The molecule has 0 saturated carbocycles. The predicted molar refractivity (Wildman–Crippen MR) is 109 cm³/mol. The highest BCUT2D eigenvalue weighted by atomic mass is 16.3. The summed E-state index contributed by atoms with van der Waals surface area (Å²) in [5.74, 6) is 0.191. The molecule has 1 atom stereocenters. The first-order valence-corrected chi connectivity index (χ1v) is 8.82. The molecule has 0 aromatic heterocycles. The van der Waals surface area contributed by atoms with Gasteiger partial charge in [0.1, 0.15) is 0 Å². The predicted octanol–water partition coefficient (Wildman–Crippen LogP) is 5.16. The molecule has 0 aliphatic heterocycles. The monoisotopic (exact) mass is 340 g/mol. The van der Waals surface area contributed by atoms with Crippen molar-refractivity contribution in [3.05, 3.63) is 96.2 Å². The Bertz CT molecular complexity index is 577. The summed E-state index contributed by atoms with van der Waals surface area (Å²) < 4.78 is 0. The van der Waals surface area contributed by atoms with Crippen molar-refractivity contribution in [3.8, 4) is 0 Å². The summed E-state index contributed by atoms with van der Waals surface area (Å²) in [5.41, 5.74) is 3.39. The van der Waals surface area contributed by atoms with Gasteiger partial charge >= 0.3 is 0 Å². The standard InChI is InChI=1S/C14H18O2.C7H8.C2H6/c1-2-5-13(8-4-9-15)14-7-3-6-12(10-14)11-16;1-7-5-3-2-4-6-7;1-2/h2-5,7-8,10,12,15-16H,1,6,9,11H2;2-6H,1H3;1-2H3/b8-4-,13-5+;;. The lowest BCUT2D eigenvalue weighted by Gasteiger charge is -2.14. The molecule has 2 heteroatoms. The molecule has 0 saturated heterocycles. The molecule has 2 N–H and O–H groups in total. The van der Waals surface area contributed by atoms with Crippen LogP contribution in [0.15, 0.2) is 90.6 Å². The number of rotatable bonds is 5. The van der Waals surface area contributed by atoms with E-state index in [-0.39, 0.29) is 19.1 Å². The van der Waals surface area contributed by atoms with E-state index in [0.29, 0.717) is 0 Å². The molecule has 136 valence electrons. The molecule has 0 radical (unpaired) electrons. The maximum atomic E-state index is 9.12. The summed E-state index contributed by atoms with van der Waals surface area (Å²) in [4.78, 5) is 0. The van der Waals surface area contributed by atoms with Crippen molar-refractivity contribution >= 4 is 0 Å². The largest absolute Gasteiger partial charge is 0.396 e. The van der Waals surface area contributed by atoms with E-state index in [4.69, 9.17) is 10.2 Å². The first-order chi connectivity index (χ1) is 12.2. The number of aliphatic hydroxyl groups is 2. The van der Waals surface area contributed by atoms with Crippen molar-refractivity contribution in [1.29, 1.82) is 0 Å². The van der Waals surface area contributed by atoms with E-state index in [9.17, 15) is 0 Å². The highest BCUT2D eigenvalue weighted by Gasteiger charge is 2.09. The van der Waals surface area contributed by atoms with Crippen LogP contribution in [0.3, 0.4) is 0 Å². The second kappa shape index (κ2) is 15.4. The van der Waals surface area contributed by atoms with Crippen molar-refractivity contribution in [3.63, 3.8) is 0 Å². The summed E-state index contributed by atoms with van der Waals surface area (Å²) >= 11 is 0. The average molecular weight is 341 g/mol. The fraction of sp³-hybridized carbons (Fsp3) is 0.304. The highest BCUT2D eigenvalue weighted by molar-refractivity contribution is 5.49. The van der Waals surface area contributed by atoms with Gasteiger partial charge in [0.2, 0.25) is 0 Å². The zero-order valence-electron chi connectivity index (χ0n) is 15.7. The second-order valence-corrected chi connectivity index (χ2v) is 5.30. The minimum atomic E-state index is 0.0227. The summed E-state index contributed by atoms with van der Waals surface area (Å²) in [7, 11) is 0. The van der Waals surface area contributed by atoms with Crippen LogP contribution in [0.4, 0.5) is 0 Å². The van der Waals surface area contributed by atoms with Crippen LogP contribution < -0.4 is 0 Å². The van der Waals surface area contributed by atoms with Gasteiger partial charge in [-0.25, -0.2) is 0 Å². The maximum absolute atomic E-state index is 9.12. The average Bonchev–Trinajstić information content (AvgIpc) is 2.68. The number of aryl methyl sites for hydroxylation is 1. The van der Waals surface area contributed by atoms with Crippen LogP contribution in [-0.4, -0.2) is 23.4 Å². The Morgan fingerprint density at radius 2 is 1.88 bits per heavy atom. The Morgan fingerprint density at radius 1 is 1.20 bits per heavy atom. The minimum Gasteiger partial charge on any atom is -0.396 e. The molecule has 1 unspecified atom stereocenters. The molecule has 2 nitrogen and oxygen atoms in total. The van der Waals surface area contributed by atoms with Crippen LogP contribution in [0.2, 0.25) is 0 Å². The molecule has 0 fully saturated rings. The molecule has 0 heterocycles. The second-order valence-electron chi connectivity index (χ2n) is 5.30. The van der Waals surface area contributed by atoms with Crippen LogP contribution >= 0.6 is 0 Å². The van der Waals surface area contributed by atoms with Crippen LogP contribution in [0, 0.1) is 12.8 Å². The molecule has 1 aromatic rings. The lowest BCUT2D eigenvalue weighted by molar-refractivity contribution is 0.252. The van der Waals surface area contributed by atoms with Gasteiger partial charge in [0.05, 0.1) is 6.61 Å². The third-order valence-electron chi connectivity index (χ3n) is 3.36. The normalized spacial score (nSPS) is 16.3. The first kappa shape index (κ1) is 22.8. The summed E-state index contributed by atoms with van der Waals surface area (Å²) in [6.07, 6.45) is 14.2. The van der Waals surface area contributed by atoms with Crippen molar-refractivity contribution in [1.82, 2.24) is 0 Å². The quantitative estimate of drug-likeness (QED) is 0.727. The lowest BCUT2D eigenvalue weighted by Crippen LogP contribution is -2.05. The number of benzene rings is 1. The van der Waals surface area contributed by atoms with E-state index in [2.05, 4.69) is 37.8 Å². The molecule has 1 aliphatic carbocycles. The minimum absolute atomic E-state index is 0.0227. The molecule has 25 heavy (non-hydrogen) atoms. The third-order valence-corrected chi connectivity index (χ3v) is 3.36. The molecule has 1 aromatic carbocycles. The molecule has 0 spiro atoms. The van der Waals surface area contributed by atoms with E-state index >= 15 is 0 Å². The van der Waals surface area contributed by atoms with Gasteiger partial charge in [0.25, 0.3) is 0 Å². The van der Waals surface area contributed by atoms with Crippen LogP contribution in [0.1, 0.15) is 25.8 Å². The number of hydrogen-bond donors (Lipinski definition) is 2. The van der Waals surface area contributed by atoms with Crippen LogP contribution in [0.25, 0.3) is 0 Å². The van der Waals surface area contributed by atoms with E-state index in [1.807, 2.05) is 50.3 Å². The van der Waals surface area contributed by atoms with Gasteiger partial charge in [-0.3, -0.25) is 0 Å². The van der Waals surface area contributed by atoms with Gasteiger partial charge in [0.15, 0.2) is 0 Å². The fourth-order valence-electron chi connectivity index (χ4n) is 2.16. The molecule has 2 rings (SSSR count). The Labute approximate surface area is 153 Å². The van der Waals surface area contributed by atoms with Gasteiger partial charge in [-0.2, -0.15) is 0 Å². The SMILES string of the molecule is C=C/C=C(\C=C/CO)C1=CC(CO)CC=C1.CC.Cc1ccccc1. The fourth-order valence-corrected chi connectivity index (χ4v) is 2.16. The molecular weight excluding hydrogens is 308 g/mol. The van der Waals surface area contributed by atoms with Gasteiger partial charge in [-0.1, -0.05) is 98.9 Å². The van der Waals surface area contributed by atoms with Crippen molar-refractivity contribution in [2.45, 2.75) is 27.2 Å². The smallest absolute Gasteiger partial charge is 0.0615 e. The molecule has 1 aliphatic rings. The van der Waals surface area contributed by atoms with Gasteiger partial charge < -0.3 is 10.2 Å². The zero-order valence-corrected chi connectivity index (χ0v) is 15.7. The number of allylic oxidation sites excluding steroid dienone is 7. The Morgan fingerprint density at radius 3 is 2.36 bits per heavy atom. The molecule has 0 bridgehead atoms. The summed E-state index contributed by atoms with van der Waals surface area (Å²) in [6.45, 7) is 9.94. The molecule has 0 amide bonds. The Hall–Kier alpha value is -2.16. The van der Waals surface area contributed by atoms with Gasteiger partial charge in [0, 0.05) is 12.5 Å². The molecular formula is C23H32O2. The van der Waals surface area contributed by atoms with E-state index in [0.717, 1.165) is 17.6 Å². The summed E-state index contributed by atoms with van der Waals surface area (Å²) in [5, 5.41) is 17.9. The number of hydrogen-bond acceptors (Lipinski definition) is 2. The van der Waals surface area contributed by atoms with Crippen molar-refractivity contribution in [2.75, 3.05) is 13.2 Å². The van der Waals surface area contributed by atoms with E-state index < -0.39 is 0 Å². The highest BCUT2D eigenvalue weighted by Crippen LogP contribution is 2.22. The first-order valence-electron chi connectivity index (χ1n) is 8.82. The topological polar surface area (TPSA) is 40.5 Å².